The highest BCUT2D eigenvalue weighted by molar-refractivity contribution is 5.34. The fraction of sp³-hybridized carbons (Fsp3) is 0.615. The SMILES string of the molecule is CNc1ccc(COCCOCC(C)C)cn1. The van der Waals surface area contributed by atoms with Crippen LogP contribution >= 0.6 is 0 Å². The smallest absolute Gasteiger partial charge is 0.125 e. The highest BCUT2D eigenvalue weighted by atomic mass is 16.5. The van der Waals surface area contributed by atoms with Gasteiger partial charge in [-0.2, -0.15) is 0 Å². The summed E-state index contributed by atoms with van der Waals surface area (Å²) < 4.78 is 10.9. The van der Waals surface area contributed by atoms with E-state index in [2.05, 4.69) is 24.1 Å². The van der Waals surface area contributed by atoms with Crippen molar-refractivity contribution in [3.63, 3.8) is 0 Å². The maximum Gasteiger partial charge on any atom is 0.125 e. The molecule has 0 aliphatic heterocycles. The van der Waals surface area contributed by atoms with Crippen LogP contribution in [0, 0.1) is 5.92 Å². The molecule has 4 heteroatoms. The predicted molar refractivity (Wildman–Crippen MR) is 69.1 cm³/mol. The van der Waals surface area contributed by atoms with Gasteiger partial charge in [0.15, 0.2) is 0 Å². The summed E-state index contributed by atoms with van der Waals surface area (Å²) in [6.45, 7) is 6.93. The largest absolute Gasteiger partial charge is 0.379 e. The zero-order valence-corrected chi connectivity index (χ0v) is 10.9. The van der Waals surface area contributed by atoms with E-state index in [-0.39, 0.29) is 0 Å². The quantitative estimate of drug-likeness (QED) is 0.706. The lowest BCUT2D eigenvalue weighted by atomic mass is 10.2. The first-order valence-electron chi connectivity index (χ1n) is 6.00. The first kappa shape index (κ1) is 13.9. The molecule has 96 valence electrons. The van der Waals surface area contributed by atoms with Gasteiger partial charge in [0.1, 0.15) is 5.82 Å². The fourth-order valence-electron chi connectivity index (χ4n) is 1.28. The summed E-state index contributed by atoms with van der Waals surface area (Å²) in [5.41, 5.74) is 1.08. The second kappa shape index (κ2) is 8.03. The lowest BCUT2D eigenvalue weighted by Gasteiger charge is -2.07. The summed E-state index contributed by atoms with van der Waals surface area (Å²) in [6, 6.07) is 3.95. The molecule has 0 saturated heterocycles. The normalized spacial score (nSPS) is 10.8. The predicted octanol–water partition coefficient (Wildman–Crippen LogP) is 2.31. The molecule has 0 spiro atoms. The van der Waals surface area contributed by atoms with Gasteiger partial charge in [0.25, 0.3) is 0 Å². The van der Waals surface area contributed by atoms with Crippen LogP contribution in [0.3, 0.4) is 0 Å². The van der Waals surface area contributed by atoms with Crippen molar-refractivity contribution in [2.75, 3.05) is 32.2 Å². The zero-order chi connectivity index (χ0) is 12.5. The van der Waals surface area contributed by atoms with Crippen molar-refractivity contribution in [2.24, 2.45) is 5.92 Å². The second-order valence-corrected chi connectivity index (χ2v) is 4.32. The lowest BCUT2D eigenvalue weighted by molar-refractivity contribution is 0.0314. The number of pyridine rings is 1. The second-order valence-electron chi connectivity index (χ2n) is 4.32. The van der Waals surface area contributed by atoms with Gasteiger partial charge < -0.3 is 14.8 Å². The number of anilines is 1. The number of aromatic nitrogens is 1. The fourth-order valence-corrected chi connectivity index (χ4v) is 1.28. The van der Waals surface area contributed by atoms with Gasteiger partial charge in [-0.3, -0.25) is 0 Å². The van der Waals surface area contributed by atoms with Gasteiger partial charge in [0.05, 0.1) is 19.8 Å². The van der Waals surface area contributed by atoms with Gasteiger partial charge in [-0.15, -0.1) is 0 Å². The van der Waals surface area contributed by atoms with Crippen molar-refractivity contribution in [1.29, 1.82) is 0 Å². The van der Waals surface area contributed by atoms with Crippen LogP contribution in [0.2, 0.25) is 0 Å². The van der Waals surface area contributed by atoms with Crippen LogP contribution in [-0.2, 0) is 16.1 Å². The minimum atomic E-state index is 0.577. The number of nitrogens with one attached hydrogen (secondary N) is 1. The lowest BCUT2D eigenvalue weighted by Crippen LogP contribution is -2.08. The molecule has 0 atom stereocenters. The molecule has 1 N–H and O–H groups in total. The van der Waals surface area contributed by atoms with Crippen LogP contribution in [0.1, 0.15) is 19.4 Å². The topological polar surface area (TPSA) is 43.4 Å². The molecule has 0 bridgehead atoms. The Morgan fingerprint density at radius 2 is 2.00 bits per heavy atom. The Bertz CT molecular complexity index is 299. The molecule has 0 amide bonds. The minimum absolute atomic E-state index is 0.577. The summed E-state index contributed by atoms with van der Waals surface area (Å²) in [4.78, 5) is 4.21. The molecular formula is C13H22N2O2. The van der Waals surface area contributed by atoms with E-state index in [9.17, 15) is 0 Å². The zero-order valence-electron chi connectivity index (χ0n) is 10.9. The van der Waals surface area contributed by atoms with Crippen molar-refractivity contribution in [3.8, 4) is 0 Å². The highest BCUT2D eigenvalue weighted by Gasteiger charge is 1.96. The molecule has 0 aromatic carbocycles. The van der Waals surface area contributed by atoms with Crippen molar-refractivity contribution < 1.29 is 9.47 Å². The van der Waals surface area contributed by atoms with Crippen molar-refractivity contribution in [1.82, 2.24) is 4.98 Å². The number of hydrogen-bond donors (Lipinski definition) is 1. The first-order valence-corrected chi connectivity index (χ1v) is 6.00. The molecule has 4 nitrogen and oxygen atoms in total. The number of rotatable bonds is 8. The van der Waals surface area contributed by atoms with E-state index < -0.39 is 0 Å². The molecule has 17 heavy (non-hydrogen) atoms. The molecule has 0 fully saturated rings. The van der Waals surface area contributed by atoms with Crippen molar-refractivity contribution in [2.45, 2.75) is 20.5 Å². The van der Waals surface area contributed by atoms with Gasteiger partial charge in [-0.05, 0) is 17.5 Å². The maximum atomic E-state index is 5.49. The Kier molecular flexibility index (Phi) is 6.58. The molecule has 1 heterocycles. The number of ether oxygens (including phenoxy) is 2. The summed E-state index contributed by atoms with van der Waals surface area (Å²) >= 11 is 0. The Morgan fingerprint density at radius 3 is 2.59 bits per heavy atom. The van der Waals surface area contributed by atoms with Gasteiger partial charge >= 0.3 is 0 Å². The third-order valence-corrected chi connectivity index (χ3v) is 2.17. The van der Waals surface area contributed by atoms with Crippen LogP contribution in [0.4, 0.5) is 5.82 Å². The number of nitrogens with zero attached hydrogens (tertiary/aromatic N) is 1. The van der Waals surface area contributed by atoms with Gasteiger partial charge in [-0.1, -0.05) is 19.9 Å². The van der Waals surface area contributed by atoms with Crippen LogP contribution in [0.5, 0.6) is 0 Å². The van der Waals surface area contributed by atoms with Crippen LogP contribution in [-0.4, -0.2) is 31.9 Å². The third-order valence-electron chi connectivity index (χ3n) is 2.17. The molecule has 0 aliphatic carbocycles. The molecule has 0 unspecified atom stereocenters. The third kappa shape index (κ3) is 6.24. The first-order chi connectivity index (χ1) is 8.22. The Hall–Kier alpha value is -1.13. The van der Waals surface area contributed by atoms with Gasteiger partial charge in [0.2, 0.25) is 0 Å². The van der Waals surface area contributed by atoms with Crippen molar-refractivity contribution in [3.05, 3.63) is 23.9 Å². The standard InChI is InChI=1S/C13H22N2O2/c1-11(2)9-16-6-7-17-10-12-4-5-13(14-3)15-8-12/h4-5,8,11H,6-7,9-10H2,1-3H3,(H,14,15). The summed E-state index contributed by atoms with van der Waals surface area (Å²) in [5, 5.41) is 2.98. The van der Waals surface area contributed by atoms with Crippen LogP contribution in [0.15, 0.2) is 18.3 Å². The van der Waals surface area contributed by atoms with E-state index in [0.717, 1.165) is 18.0 Å². The molecule has 0 aliphatic rings. The van der Waals surface area contributed by atoms with E-state index >= 15 is 0 Å². The molecular weight excluding hydrogens is 216 g/mol. The monoisotopic (exact) mass is 238 g/mol. The summed E-state index contributed by atoms with van der Waals surface area (Å²) in [6.07, 6.45) is 1.82. The summed E-state index contributed by atoms with van der Waals surface area (Å²) in [7, 11) is 1.85. The Balaban J connectivity index is 2.09. The molecule has 1 rings (SSSR count). The average Bonchev–Trinajstić information content (AvgIpc) is 2.34. The Morgan fingerprint density at radius 1 is 1.24 bits per heavy atom. The average molecular weight is 238 g/mol. The van der Waals surface area contributed by atoms with Crippen molar-refractivity contribution >= 4 is 5.82 Å². The maximum absolute atomic E-state index is 5.49. The van der Waals surface area contributed by atoms with Gasteiger partial charge in [-0.25, -0.2) is 4.98 Å². The molecule has 1 aromatic rings. The number of hydrogen-bond acceptors (Lipinski definition) is 4. The van der Waals surface area contributed by atoms with Gasteiger partial charge in [0, 0.05) is 19.9 Å². The van der Waals surface area contributed by atoms with E-state index in [1.54, 1.807) is 0 Å². The summed E-state index contributed by atoms with van der Waals surface area (Å²) in [5.74, 6) is 1.45. The van der Waals surface area contributed by atoms with E-state index in [4.69, 9.17) is 9.47 Å². The Labute approximate surface area is 103 Å². The van der Waals surface area contributed by atoms with Crippen LogP contribution in [0.25, 0.3) is 0 Å². The van der Waals surface area contributed by atoms with E-state index in [1.807, 2.05) is 25.4 Å². The highest BCUT2D eigenvalue weighted by Crippen LogP contribution is 2.05. The van der Waals surface area contributed by atoms with E-state index in [1.165, 1.54) is 0 Å². The molecule has 0 radical (unpaired) electrons. The minimum Gasteiger partial charge on any atom is -0.379 e. The molecule has 1 aromatic heterocycles. The van der Waals surface area contributed by atoms with Crippen LogP contribution < -0.4 is 5.32 Å². The molecule has 0 saturated carbocycles. The van der Waals surface area contributed by atoms with E-state index in [0.29, 0.717) is 25.7 Å².